The van der Waals surface area contributed by atoms with Gasteiger partial charge < -0.3 is 10.1 Å². The lowest BCUT2D eigenvalue weighted by molar-refractivity contribution is -0.130. The minimum absolute atomic E-state index is 0.0729. The van der Waals surface area contributed by atoms with Crippen LogP contribution in [0.3, 0.4) is 0 Å². The van der Waals surface area contributed by atoms with E-state index in [0.717, 1.165) is 65.2 Å². The van der Waals surface area contributed by atoms with Crippen molar-refractivity contribution >= 4 is 17.5 Å². The summed E-state index contributed by atoms with van der Waals surface area (Å²) in [7, 11) is 0. The van der Waals surface area contributed by atoms with Gasteiger partial charge in [-0.05, 0) is 68.1 Å². The number of carbonyl (C=O) groups excluding carboxylic acids is 1. The fraction of sp³-hybridized carbons (Fsp3) is 0.346. The zero-order valence-corrected chi connectivity index (χ0v) is 19.1. The van der Waals surface area contributed by atoms with Gasteiger partial charge in [0.15, 0.2) is 0 Å². The Morgan fingerprint density at radius 1 is 1.19 bits per heavy atom. The molecule has 1 aliphatic heterocycles. The van der Waals surface area contributed by atoms with Gasteiger partial charge in [0.2, 0.25) is 5.91 Å². The number of aryl methyl sites for hydroxylation is 2. The highest BCUT2D eigenvalue weighted by atomic mass is 35.5. The van der Waals surface area contributed by atoms with Crippen LogP contribution in [0.25, 0.3) is 11.3 Å². The van der Waals surface area contributed by atoms with Crippen LogP contribution < -0.4 is 10.1 Å². The van der Waals surface area contributed by atoms with Gasteiger partial charge in [0.25, 0.3) is 0 Å². The smallest absolute Gasteiger partial charge is 0.230 e. The number of hydrogen-bond donors (Lipinski definition) is 1. The summed E-state index contributed by atoms with van der Waals surface area (Å²) in [5.74, 6) is 0.958. The maximum absolute atomic E-state index is 13.2. The molecule has 0 unspecified atom stereocenters. The van der Waals surface area contributed by atoms with Crippen LogP contribution in [-0.2, 0) is 16.6 Å². The largest absolute Gasteiger partial charge is 0.488 e. The van der Waals surface area contributed by atoms with Crippen LogP contribution in [0.2, 0.25) is 5.02 Å². The second-order valence-corrected chi connectivity index (χ2v) is 9.30. The van der Waals surface area contributed by atoms with Crippen molar-refractivity contribution in [1.29, 1.82) is 0 Å². The number of nitrogens with one attached hydrogen (secondary N) is 1. The molecule has 1 atom stereocenters. The van der Waals surface area contributed by atoms with Gasteiger partial charge in [0.1, 0.15) is 11.9 Å². The summed E-state index contributed by atoms with van der Waals surface area (Å²) in [6, 6.07) is 13.8. The number of benzene rings is 2. The van der Waals surface area contributed by atoms with Crippen LogP contribution in [0.5, 0.6) is 5.75 Å². The molecule has 1 aromatic heterocycles. The molecular formula is C26H26ClN3O2. The molecule has 1 N–H and O–H groups in total. The number of nitrogens with zero attached hydrogens (tertiary/aromatic N) is 2. The molecule has 164 valence electrons. The van der Waals surface area contributed by atoms with Gasteiger partial charge in [-0.1, -0.05) is 30.2 Å². The molecular weight excluding hydrogens is 422 g/mol. The molecule has 2 heterocycles. The summed E-state index contributed by atoms with van der Waals surface area (Å²) in [6.07, 6.45) is 5.27. The van der Waals surface area contributed by atoms with E-state index in [-0.39, 0.29) is 12.0 Å². The minimum atomic E-state index is -0.440. The van der Waals surface area contributed by atoms with Crippen LogP contribution in [0.15, 0.2) is 48.7 Å². The second-order valence-electron chi connectivity index (χ2n) is 8.86. The van der Waals surface area contributed by atoms with E-state index in [2.05, 4.69) is 21.4 Å². The number of hydrogen-bond acceptors (Lipinski definition) is 4. The van der Waals surface area contributed by atoms with E-state index in [0.29, 0.717) is 11.6 Å². The second kappa shape index (κ2) is 8.21. The zero-order chi connectivity index (χ0) is 22.3. The molecule has 2 aromatic carbocycles. The maximum atomic E-state index is 13.2. The third-order valence-corrected chi connectivity index (χ3v) is 6.93. The number of aromatic nitrogens is 2. The standard InChI is InChI=1S/C26H26ClN3O2/c1-16-14-28-17(2)24(30-16)18-4-9-23-19(12-18)13-22(32-23)15-29-25(31)26(10-3-11-26)20-5-7-21(27)8-6-20/h4-9,12,14,22H,3,10-11,13,15H2,1-2H3,(H,29,31)/t22-/m1/s1. The Labute approximate surface area is 193 Å². The zero-order valence-electron chi connectivity index (χ0n) is 18.3. The first-order valence-electron chi connectivity index (χ1n) is 11.1. The topological polar surface area (TPSA) is 64.1 Å². The third-order valence-electron chi connectivity index (χ3n) is 6.68. The van der Waals surface area contributed by atoms with Crippen molar-refractivity contribution in [1.82, 2.24) is 15.3 Å². The van der Waals surface area contributed by atoms with E-state index in [1.54, 1.807) is 6.20 Å². The fourth-order valence-electron chi connectivity index (χ4n) is 4.71. The molecule has 5 nitrogen and oxygen atoms in total. The van der Waals surface area contributed by atoms with Crippen molar-refractivity contribution in [3.05, 3.63) is 76.2 Å². The van der Waals surface area contributed by atoms with Gasteiger partial charge in [-0.25, -0.2) is 4.98 Å². The number of ether oxygens (including phenoxy) is 1. The summed E-state index contributed by atoms with van der Waals surface area (Å²) in [5, 5.41) is 3.85. The molecule has 0 spiro atoms. The number of halogens is 1. The quantitative estimate of drug-likeness (QED) is 0.600. The van der Waals surface area contributed by atoms with Crippen LogP contribution in [-0.4, -0.2) is 28.5 Å². The number of carbonyl (C=O) groups is 1. The highest BCUT2D eigenvalue weighted by Crippen LogP contribution is 2.44. The average molecular weight is 448 g/mol. The number of amides is 1. The molecule has 3 aromatic rings. The summed E-state index contributed by atoms with van der Waals surface area (Å²) in [4.78, 5) is 22.2. The molecule has 1 amide bonds. The van der Waals surface area contributed by atoms with Crippen molar-refractivity contribution in [2.45, 2.75) is 51.0 Å². The van der Waals surface area contributed by atoms with Crippen LogP contribution >= 0.6 is 11.6 Å². The first-order valence-corrected chi connectivity index (χ1v) is 11.5. The highest BCUT2D eigenvalue weighted by Gasteiger charge is 2.45. The monoisotopic (exact) mass is 447 g/mol. The molecule has 6 heteroatoms. The Balaban J connectivity index is 1.26. The van der Waals surface area contributed by atoms with E-state index in [9.17, 15) is 4.79 Å². The normalized spacial score (nSPS) is 18.4. The SMILES string of the molecule is Cc1cnc(C)c(-c2ccc3c(c2)C[C@H](CNC(=O)C2(c4ccc(Cl)cc4)CCC2)O3)n1. The van der Waals surface area contributed by atoms with E-state index >= 15 is 0 Å². The van der Waals surface area contributed by atoms with E-state index in [1.807, 2.05) is 50.2 Å². The summed E-state index contributed by atoms with van der Waals surface area (Å²) in [5.41, 5.74) is 5.49. The van der Waals surface area contributed by atoms with Crippen molar-refractivity contribution < 1.29 is 9.53 Å². The molecule has 32 heavy (non-hydrogen) atoms. The van der Waals surface area contributed by atoms with E-state index < -0.39 is 5.41 Å². The van der Waals surface area contributed by atoms with Crippen molar-refractivity contribution in [2.75, 3.05) is 6.54 Å². The first-order chi connectivity index (χ1) is 15.4. The van der Waals surface area contributed by atoms with Gasteiger partial charge in [0.05, 0.1) is 29.0 Å². The van der Waals surface area contributed by atoms with Gasteiger partial charge in [-0.3, -0.25) is 9.78 Å². The summed E-state index contributed by atoms with van der Waals surface area (Å²) < 4.78 is 6.12. The molecule has 1 saturated carbocycles. The van der Waals surface area contributed by atoms with E-state index in [4.69, 9.17) is 16.3 Å². The minimum Gasteiger partial charge on any atom is -0.488 e. The Hall–Kier alpha value is -2.92. The predicted octanol–water partition coefficient (Wildman–Crippen LogP) is 4.96. The van der Waals surface area contributed by atoms with Crippen molar-refractivity contribution in [3.8, 4) is 17.0 Å². The summed E-state index contributed by atoms with van der Waals surface area (Å²) >= 11 is 6.04. The Bertz CT molecular complexity index is 1170. The fourth-order valence-corrected chi connectivity index (χ4v) is 4.84. The molecule has 0 bridgehead atoms. The van der Waals surface area contributed by atoms with Crippen molar-refractivity contribution in [2.24, 2.45) is 0 Å². The van der Waals surface area contributed by atoms with Crippen molar-refractivity contribution in [3.63, 3.8) is 0 Å². The van der Waals surface area contributed by atoms with E-state index in [1.165, 1.54) is 0 Å². The Kier molecular flexibility index (Phi) is 5.38. The lowest BCUT2D eigenvalue weighted by Crippen LogP contribution is -2.51. The lowest BCUT2D eigenvalue weighted by Gasteiger charge is -2.41. The van der Waals surface area contributed by atoms with Gasteiger partial charge in [-0.2, -0.15) is 0 Å². The maximum Gasteiger partial charge on any atom is 0.230 e. The number of fused-ring (bicyclic) bond motifs is 1. The molecule has 1 fully saturated rings. The third kappa shape index (κ3) is 3.75. The molecule has 0 saturated heterocycles. The highest BCUT2D eigenvalue weighted by molar-refractivity contribution is 6.30. The first kappa shape index (κ1) is 21.0. The van der Waals surface area contributed by atoms with Crippen LogP contribution in [0, 0.1) is 13.8 Å². The summed E-state index contributed by atoms with van der Waals surface area (Å²) in [6.45, 7) is 4.41. The molecule has 0 radical (unpaired) electrons. The van der Waals surface area contributed by atoms with Crippen LogP contribution in [0.1, 0.15) is 41.8 Å². The average Bonchev–Trinajstić information content (AvgIpc) is 3.16. The number of rotatable bonds is 5. The lowest BCUT2D eigenvalue weighted by atomic mass is 9.64. The molecule has 2 aliphatic rings. The van der Waals surface area contributed by atoms with Gasteiger partial charge >= 0.3 is 0 Å². The van der Waals surface area contributed by atoms with Gasteiger partial charge in [0, 0.05) is 23.2 Å². The molecule has 1 aliphatic carbocycles. The Morgan fingerprint density at radius 3 is 2.69 bits per heavy atom. The Morgan fingerprint density at radius 2 is 1.97 bits per heavy atom. The predicted molar refractivity (Wildman–Crippen MR) is 125 cm³/mol. The van der Waals surface area contributed by atoms with Gasteiger partial charge in [-0.15, -0.1) is 0 Å². The van der Waals surface area contributed by atoms with Crippen LogP contribution in [0.4, 0.5) is 0 Å². The molecule has 5 rings (SSSR count).